The number of nitrogens with zero attached hydrogens (tertiary/aromatic N) is 14. The van der Waals surface area contributed by atoms with Crippen molar-refractivity contribution in [2.45, 2.75) is 104 Å². The lowest BCUT2D eigenvalue weighted by molar-refractivity contribution is 0.0340. The molecule has 0 radical (unpaired) electrons. The van der Waals surface area contributed by atoms with Crippen molar-refractivity contribution in [1.82, 2.24) is 84.5 Å². The molecule has 0 bridgehead atoms. The maximum atomic E-state index is 6.15. The van der Waals surface area contributed by atoms with Gasteiger partial charge in [0.05, 0.1) is 66.7 Å². The van der Waals surface area contributed by atoms with E-state index in [1.54, 1.807) is 7.11 Å². The van der Waals surface area contributed by atoms with E-state index in [0.717, 1.165) is 213 Å². The number of methoxy groups -OCH3 is 1. The minimum atomic E-state index is 0.552. The molecule has 5 fully saturated rings. The van der Waals surface area contributed by atoms with Crippen molar-refractivity contribution in [1.29, 1.82) is 0 Å². The third kappa shape index (κ3) is 25.1. The number of piperidine rings is 1. The van der Waals surface area contributed by atoms with Gasteiger partial charge in [-0.3, -0.25) is 19.4 Å². The molecule has 0 amide bonds. The zero-order valence-corrected chi connectivity index (χ0v) is 76.3. The number of fused-ring (bicyclic) bond motifs is 2. The minimum absolute atomic E-state index is 0.552. The summed E-state index contributed by atoms with van der Waals surface area (Å²) in [6.07, 6.45) is 17.7. The third-order valence-electron chi connectivity index (χ3n) is 25.4. The number of piperazine rings is 1. The second-order valence-electron chi connectivity index (χ2n) is 34.6. The molecule has 0 saturated carbocycles. The quantitative estimate of drug-likeness (QED) is 0.0349. The van der Waals surface area contributed by atoms with E-state index >= 15 is 0 Å². The van der Waals surface area contributed by atoms with Crippen LogP contribution in [0.25, 0.3) is 62.1 Å². The van der Waals surface area contributed by atoms with E-state index in [0.29, 0.717) is 32.5 Å². The largest absolute Gasteiger partial charge is 0.497 e. The fourth-order valence-corrected chi connectivity index (χ4v) is 18.3. The summed E-state index contributed by atoms with van der Waals surface area (Å²) >= 11 is 6.15. The molecule has 0 aliphatic carbocycles. The molecule has 5 saturated heterocycles. The number of benzene rings is 9. The van der Waals surface area contributed by atoms with E-state index in [2.05, 4.69) is 215 Å². The highest BCUT2D eigenvalue weighted by atomic mass is 35.5. The Bertz CT molecular complexity index is 5610. The lowest BCUT2D eigenvalue weighted by Crippen LogP contribution is -2.47. The summed E-state index contributed by atoms with van der Waals surface area (Å²) in [5.74, 6) is 4.04. The first-order valence-electron chi connectivity index (χ1n) is 47.1. The van der Waals surface area contributed by atoms with Crippen LogP contribution in [0.1, 0.15) is 90.8 Å². The van der Waals surface area contributed by atoms with Gasteiger partial charge in [-0.1, -0.05) is 140 Å². The number of nitrogens with one attached hydrogen (secondary N) is 3. The van der Waals surface area contributed by atoms with Gasteiger partial charge in [0.15, 0.2) is 23.0 Å². The number of ether oxygens (including phenoxy) is 6. The van der Waals surface area contributed by atoms with E-state index in [4.69, 9.17) is 60.4 Å². The van der Waals surface area contributed by atoms with Crippen molar-refractivity contribution in [3.8, 4) is 90.8 Å². The van der Waals surface area contributed by atoms with Crippen LogP contribution in [-0.4, -0.2) is 233 Å². The molecule has 23 nitrogen and oxygen atoms in total. The predicted molar refractivity (Wildman–Crippen MR) is 518 cm³/mol. The fourth-order valence-electron chi connectivity index (χ4n) is 18.2. The summed E-state index contributed by atoms with van der Waals surface area (Å²) in [6, 6.07) is 79.0. The van der Waals surface area contributed by atoms with E-state index < -0.39 is 0 Å². The van der Waals surface area contributed by atoms with Crippen molar-refractivity contribution in [2.24, 2.45) is 0 Å². The summed E-state index contributed by atoms with van der Waals surface area (Å²) < 4.78 is 41.8. The van der Waals surface area contributed by atoms with Crippen molar-refractivity contribution >= 4 is 11.6 Å². The van der Waals surface area contributed by atoms with Crippen LogP contribution in [-0.2, 0) is 50.6 Å². The van der Waals surface area contributed by atoms with Crippen LogP contribution >= 0.6 is 11.6 Å². The van der Waals surface area contributed by atoms with Crippen molar-refractivity contribution in [2.75, 3.05) is 158 Å². The molecule has 20 rings (SSSR count). The van der Waals surface area contributed by atoms with Gasteiger partial charge in [0.2, 0.25) is 0 Å². The molecule has 13 aromatic rings. The Morgan fingerprint density at radius 3 is 1.32 bits per heavy atom. The maximum Gasteiger partial charge on any atom is 0.162 e. The molecule has 3 N–H and O–H groups in total. The van der Waals surface area contributed by atoms with Crippen LogP contribution in [0.15, 0.2) is 255 Å². The lowest BCUT2D eigenvalue weighted by Gasteiger charge is -2.35. The molecule has 130 heavy (non-hydrogen) atoms. The van der Waals surface area contributed by atoms with E-state index in [-0.39, 0.29) is 0 Å². The SMILES string of the molecule is CCCN1CCC(NCc2cn(-c3ccccc3)nc2-c2ccc3c(c2)OCCO3)CC1.COc1ccc(-c2nn(-c3ccccc3)cc2CNCc2ccccc2CN2CCOCC2)cc1.Clc1ccc(-c2nn(Cc3ccccc3)cc2CN2CCN(CCN3CCCC3)CC2)cc1.c1ccc(-n2cc(CNCCN3CCCC3)c(-c3ccc4c(c3)OCCO4)n2)cc1. The number of halogens is 1. The summed E-state index contributed by atoms with van der Waals surface area (Å²) in [4.78, 5) is 15.4. The molecule has 24 heteroatoms. The van der Waals surface area contributed by atoms with Gasteiger partial charge >= 0.3 is 0 Å². The predicted octanol–water partition coefficient (Wildman–Crippen LogP) is 16.9. The molecule has 678 valence electrons. The Hall–Kier alpha value is -11.3. The molecule has 7 aliphatic heterocycles. The highest BCUT2D eigenvalue weighted by Gasteiger charge is 2.27. The second-order valence-corrected chi connectivity index (χ2v) is 35.1. The van der Waals surface area contributed by atoms with E-state index in [1.807, 2.05) is 111 Å². The van der Waals surface area contributed by atoms with Gasteiger partial charge in [-0.2, -0.15) is 20.4 Å². The van der Waals surface area contributed by atoms with Crippen LogP contribution in [0.4, 0.5) is 0 Å². The second kappa shape index (κ2) is 46.5. The maximum absolute atomic E-state index is 6.15. The Morgan fingerprint density at radius 2 is 0.777 bits per heavy atom. The van der Waals surface area contributed by atoms with E-state index in [9.17, 15) is 0 Å². The Morgan fingerprint density at radius 1 is 0.354 bits per heavy atom. The average molecular weight is 1770 g/mol. The summed E-state index contributed by atoms with van der Waals surface area (Å²) in [5, 5.41) is 31.7. The monoisotopic (exact) mass is 1770 g/mol. The molecular weight excluding hydrogens is 1640 g/mol. The lowest BCUT2D eigenvalue weighted by atomic mass is 10.0. The van der Waals surface area contributed by atoms with Gasteiger partial charge in [0.1, 0.15) is 32.2 Å². The highest BCUT2D eigenvalue weighted by Crippen LogP contribution is 2.39. The zero-order valence-electron chi connectivity index (χ0n) is 75.6. The highest BCUT2D eigenvalue weighted by molar-refractivity contribution is 6.30. The molecule has 7 aliphatic rings. The van der Waals surface area contributed by atoms with Gasteiger partial charge in [-0.25, -0.2) is 14.0 Å². The number of rotatable bonds is 31. The molecular formula is C106H126ClN17O6. The van der Waals surface area contributed by atoms with Crippen molar-refractivity contribution < 1.29 is 28.4 Å². The number of para-hydroxylation sites is 3. The number of morpholine rings is 1. The average Bonchev–Trinajstić information content (AvgIpc) is 1.63. The van der Waals surface area contributed by atoms with Crippen LogP contribution in [0.5, 0.6) is 28.7 Å². The molecule has 4 aromatic heterocycles. The molecule has 0 unspecified atom stereocenters. The first-order chi connectivity index (χ1) is 64.2. The van der Waals surface area contributed by atoms with Gasteiger partial charge in [-0.05, 0) is 217 Å². The molecule has 0 atom stereocenters. The number of hydrogen-bond donors (Lipinski definition) is 3. The number of hydrogen-bond acceptors (Lipinski definition) is 19. The van der Waals surface area contributed by atoms with Crippen LogP contribution < -0.4 is 39.6 Å². The van der Waals surface area contributed by atoms with Crippen LogP contribution in [0, 0.1) is 0 Å². The Kier molecular flexibility index (Phi) is 32.4. The summed E-state index contributed by atoms with van der Waals surface area (Å²) in [5.41, 5.74) is 20.3. The summed E-state index contributed by atoms with van der Waals surface area (Å²) in [6.45, 7) is 31.7. The molecule has 9 aromatic carbocycles. The third-order valence-corrected chi connectivity index (χ3v) is 25.7. The van der Waals surface area contributed by atoms with Crippen molar-refractivity contribution in [3.63, 3.8) is 0 Å². The standard InChI is InChI=1S/C29H32N4O2.C27H34ClN5.C26H32N4O2.C24H28N4O2/c1-34-28-13-11-23(12-14-28)29-26(22-33(31-29)27-9-3-2-4-10-27)20-30-19-24-7-5-6-8-25(24)21-32-15-17-35-18-16-32;28-26-10-8-24(9-11-26)27-25(22-33(29-27)20-23-6-2-1-3-7-23)21-32-18-16-31(17-19-32)15-14-30-12-4-5-13-30;1-2-12-29-13-10-22(11-14-29)27-18-21-19-30(23-6-4-3-5-7-23)28-26(21)20-8-9-24-25(17-20)32-16-15-31-24;1-2-6-21(7-3-1)28-18-20(17-25-10-13-27-11-4-5-12-27)24(26-28)19-8-9-22-23(16-19)30-15-14-29-22/h2-14,22,30H,15-21H2,1H3;1-3,6-11,22H,4-5,12-21H2;3-9,17,19,22,27H,2,10-16,18H2,1H3;1-3,6-9,16,18,25H,4-5,10-15,17H2. The molecule has 11 heterocycles. The van der Waals surface area contributed by atoms with Gasteiger partial charge in [0, 0.05) is 185 Å². The smallest absolute Gasteiger partial charge is 0.162 e. The summed E-state index contributed by atoms with van der Waals surface area (Å²) in [7, 11) is 1.69. The normalized spacial score (nSPS) is 16.3. The number of aromatic nitrogens is 8. The van der Waals surface area contributed by atoms with Crippen LogP contribution in [0.3, 0.4) is 0 Å². The Balaban J connectivity index is 0.000000122. The van der Waals surface area contributed by atoms with Crippen LogP contribution in [0.2, 0.25) is 5.02 Å². The van der Waals surface area contributed by atoms with Gasteiger partial charge in [-0.15, -0.1) is 0 Å². The topological polar surface area (TPSA) is 182 Å². The molecule has 0 spiro atoms. The number of likely N-dealkylation sites (tertiary alicyclic amines) is 3. The first-order valence-corrected chi connectivity index (χ1v) is 47.4. The first kappa shape index (κ1) is 90.6. The van der Waals surface area contributed by atoms with Crippen molar-refractivity contribution in [3.05, 3.63) is 299 Å². The van der Waals surface area contributed by atoms with E-state index in [1.165, 1.54) is 137 Å². The fraction of sp³-hybridized carbons (Fsp3) is 0.377. The van der Waals surface area contributed by atoms with Gasteiger partial charge < -0.3 is 59.1 Å². The van der Waals surface area contributed by atoms with Gasteiger partial charge in [0.25, 0.3) is 0 Å². The Labute approximate surface area is 771 Å². The zero-order chi connectivity index (χ0) is 88.3. The minimum Gasteiger partial charge on any atom is -0.497 e.